The predicted octanol–water partition coefficient (Wildman–Crippen LogP) is 5.27. The van der Waals surface area contributed by atoms with Crippen molar-refractivity contribution in [3.63, 3.8) is 0 Å². The van der Waals surface area contributed by atoms with Gasteiger partial charge in [-0.2, -0.15) is 0 Å². The Hall–Kier alpha value is -1.31. The molecule has 20 heavy (non-hydrogen) atoms. The summed E-state index contributed by atoms with van der Waals surface area (Å²) in [6, 6.07) is 0. The first-order chi connectivity index (χ1) is 9.49. The Bertz CT molecular complexity index is 409. The van der Waals surface area contributed by atoms with E-state index in [4.69, 9.17) is 5.11 Å². The average molecular weight is 276 g/mol. The van der Waals surface area contributed by atoms with Crippen molar-refractivity contribution in [2.75, 3.05) is 0 Å². The monoisotopic (exact) mass is 276 g/mol. The van der Waals surface area contributed by atoms with E-state index in [2.05, 4.69) is 39.0 Å². The molecule has 2 heteroatoms. The van der Waals surface area contributed by atoms with Crippen molar-refractivity contribution < 1.29 is 9.90 Å². The van der Waals surface area contributed by atoms with Crippen molar-refractivity contribution >= 4 is 5.97 Å². The summed E-state index contributed by atoms with van der Waals surface area (Å²) in [5, 5.41) is 8.95. The molecule has 0 radical (unpaired) electrons. The highest BCUT2D eigenvalue weighted by Gasteiger charge is 2.19. The lowest BCUT2D eigenvalue weighted by Gasteiger charge is -2.18. The molecule has 0 aromatic heterocycles. The van der Waals surface area contributed by atoms with Gasteiger partial charge in [0.2, 0.25) is 0 Å². The van der Waals surface area contributed by atoms with Crippen LogP contribution in [0.5, 0.6) is 0 Å². The Kier molecular flexibility index (Phi) is 7.35. The van der Waals surface area contributed by atoms with Gasteiger partial charge in [0.05, 0.1) is 5.92 Å². The Morgan fingerprint density at radius 3 is 2.60 bits per heavy atom. The molecule has 0 bridgehead atoms. The molecule has 0 aromatic rings. The largest absolute Gasteiger partial charge is 0.481 e. The van der Waals surface area contributed by atoms with Crippen LogP contribution in [-0.4, -0.2) is 11.1 Å². The molecule has 0 amide bonds. The molecule has 1 aliphatic rings. The lowest BCUT2D eigenvalue weighted by atomic mass is 9.88. The highest BCUT2D eigenvalue weighted by molar-refractivity contribution is 5.70. The van der Waals surface area contributed by atoms with Gasteiger partial charge in [-0.3, -0.25) is 4.79 Å². The maximum atomic E-state index is 10.9. The number of carboxylic acids is 1. The fourth-order valence-electron chi connectivity index (χ4n) is 2.53. The molecule has 0 spiro atoms. The van der Waals surface area contributed by atoms with Crippen molar-refractivity contribution in [1.29, 1.82) is 0 Å². The van der Waals surface area contributed by atoms with Crippen LogP contribution in [-0.2, 0) is 4.79 Å². The molecule has 0 saturated carbocycles. The van der Waals surface area contributed by atoms with Gasteiger partial charge in [0.25, 0.3) is 0 Å². The number of allylic oxidation sites excluding steroid dienone is 6. The van der Waals surface area contributed by atoms with Crippen LogP contribution in [0.1, 0.15) is 65.7 Å². The van der Waals surface area contributed by atoms with Crippen LogP contribution in [0, 0.1) is 5.92 Å². The fourth-order valence-corrected chi connectivity index (χ4v) is 2.53. The van der Waals surface area contributed by atoms with Gasteiger partial charge in [-0.25, -0.2) is 0 Å². The van der Waals surface area contributed by atoms with E-state index in [1.165, 1.54) is 16.7 Å². The second kappa shape index (κ2) is 8.78. The van der Waals surface area contributed by atoms with E-state index in [-0.39, 0.29) is 5.92 Å². The second-order valence-corrected chi connectivity index (χ2v) is 6.08. The number of carboxylic acid groups (broad SMARTS) is 1. The minimum atomic E-state index is -0.643. The molecular weight excluding hydrogens is 248 g/mol. The number of rotatable bonds is 7. The predicted molar refractivity (Wildman–Crippen MR) is 84.7 cm³/mol. The zero-order valence-corrected chi connectivity index (χ0v) is 13.1. The third kappa shape index (κ3) is 6.74. The fraction of sp³-hybridized carbons (Fsp3) is 0.611. The maximum absolute atomic E-state index is 10.9. The van der Waals surface area contributed by atoms with Gasteiger partial charge in [-0.15, -0.1) is 0 Å². The van der Waals surface area contributed by atoms with Gasteiger partial charge in [-0.1, -0.05) is 34.9 Å². The standard InChI is InChI=1S/C18H28O2/c1-14(2)6-4-7-15(3)8-5-9-16-10-12-17(13-11-16)18(19)20/h6,8,10,17H,4-5,7,9,11-13H2,1-3H3,(H,19,20)/b15-8+. The molecule has 0 heterocycles. The van der Waals surface area contributed by atoms with Crippen LogP contribution in [0.4, 0.5) is 0 Å². The SMILES string of the molecule is CC(C)=CCC/C(C)=C/CCC1=CCC(C(=O)O)CC1. The van der Waals surface area contributed by atoms with E-state index < -0.39 is 5.97 Å². The van der Waals surface area contributed by atoms with Crippen molar-refractivity contribution in [2.24, 2.45) is 5.92 Å². The Labute approximate surface area is 123 Å². The van der Waals surface area contributed by atoms with Gasteiger partial charge in [0.1, 0.15) is 0 Å². The van der Waals surface area contributed by atoms with Crippen LogP contribution in [0.15, 0.2) is 34.9 Å². The van der Waals surface area contributed by atoms with Crippen LogP contribution in [0.3, 0.4) is 0 Å². The quantitative estimate of drug-likeness (QED) is 0.643. The molecule has 0 aliphatic heterocycles. The van der Waals surface area contributed by atoms with Gasteiger partial charge >= 0.3 is 5.97 Å². The third-order valence-electron chi connectivity index (χ3n) is 3.90. The van der Waals surface area contributed by atoms with Crippen LogP contribution >= 0.6 is 0 Å². The minimum Gasteiger partial charge on any atom is -0.481 e. The summed E-state index contributed by atoms with van der Waals surface area (Å²) in [5.41, 5.74) is 4.29. The van der Waals surface area contributed by atoms with Crippen molar-refractivity contribution in [3.05, 3.63) is 34.9 Å². The molecule has 112 valence electrons. The molecule has 0 saturated heterocycles. The molecular formula is C18H28O2. The Balaban J connectivity index is 2.27. The van der Waals surface area contributed by atoms with E-state index >= 15 is 0 Å². The summed E-state index contributed by atoms with van der Waals surface area (Å²) in [7, 11) is 0. The van der Waals surface area contributed by atoms with Gasteiger partial charge in [-0.05, 0) is 65.7 Å². The van der Waals surface area contributed by atoms with E-state index in [0.717, 1.165) is 38.5 Å². The van der Waals surface area contributed by atoms with E-state index in [9.17, 15) is 4.79 Å². The maximum Gasteiger partial charge on any atom is 0.306 e. The number of carbonyl (C=O) groups is 1. The molecule has 1 rings (SSSR count). The van der Waals surface area contributed by atoms with E-state index in [1.807, 2.05) is 0 Å². The van der Waals surface area contributed by atoms with Crippen LogP contribution < -0.4 is 0 Å². The summed E-state index contributed by atoms with van der Waals surface area (Å²) in [5.74, 6) is -0.796. The summed E-state index contributed by atoms with van der Waals surface area (Å²) >= 11 is 0. The highest BCUT2D eigenvalue weighted by Crippen LogP contribution is 2.26. The third-order valence-corrected chi connectivity index (χ3v) is 3.90. The Morgan fingerprint density at radius 2 is 2.05 bits per heavy atom. The molecule has 2 nitrogen and oxygen atoms in total. The number of hydrogen-bond acceptors (Lipinski definition) is 1. The van der Waals surface area contributed by atoms with Crippen LogP contribution in [0.2, 0.25) is 0 Å². The first kappa shape index (κ1) is 16.7. The van der Waals surface area contributed by atoms with Crippen molar-refractivity contribution in [2.45, 2.75) is 65.7 Å². The molecule has 1 unspecified atom stereocenters. The summed E-state index contributed by atoms with van der Waals surface area (Å²) in [6.07, 6.45) is 13.7. The normalized spacial score (nSPS) is 19.4. The van der Waals surface area contributed by atoms with E-state index in [1.54, 1.807) is 0 Å². The number of hydrogen-bond donors (Lipinski definition) is 1. The lowest BCUT2D eigenvalue weighted by Crippen LogP contribution is -2.15. The highest BCUT2D eigenvalue weighted by atomic mass is 16.4. The molecule has 1 N–H and O–H groups in total. The smallest absolute Gasteiger partial charge is 0.306 e. The van der Waals surface area contributed by atoms with Gasteiger partial charge < -0.3 is 5.11 Å². The van der Waals surface area contributed by atoms with Crippen molar-refractivity contribution in [1.82, 2.24) is 0 Å². The van der Waals surface area contributed by atoms with Crippen molar-refractivity contribution in [3.8, 4) is 0 Å². The van der Waals surface area contributed by atoms with Gasteiger partial charge in [0, 0.05) is 0 Å². The first-order valence-corrected chi connectivity index (χ1v) is 7.68. The molecule has 0 fully saturated rings. The Morgan fingerprint density at radius 1 is 1.30 bits per heavy atom. The average Bonchev–Trinajstić information content (AvgIpc) is 2.39. The van der Waals surface area contributed by atoms with E-state index in [0.29, 0.717) is 6.42 Å². The molecule has 1 atom stereocenters. The summed E-state index contributed by atoms with van der Waals surface area (Å²) in [6.45, 7) is 6.48. The molecule has 0 aromatic carbocycles. The number of aliphatic carboxylic acids is 1. The molecule has 1 aliphatic carbocycles. The zero-order valence-electron chi connectivity index (χ0n) is 13.1. The lowest BCUT2D eigenvalue weighted by molar-refractivity contribution is -0.141. The van der Waals surface area contributed by atoms with Crippen LogP contribution in [0.25, 0.3) is 0 Å². The summed E-state index contributed by atoms with van der Waals surface area (Å²) < 4.78 is 0. The van der Waals surface area contributed by atoms with Gasteiger partial charge in [0.15, 0.2) is 0 Å². The summed E-state index contributed by atoms with van der Waals surface area (Å²) in [4.78, 5) is 10.9. The topological polar surface area (TPSA) is 37.3 Å². The second-order valence-electron chi connectivity index (χ2n) is 6.08. The first-order valence-electron chi connectivity index (χ1n) is 7.68. The minimum absolute atomic E-state index is 0.153. The zero-order chi connectivity index (χ0) is 15.0.